The number of hydrogen-bond donors (Lipinski definition) is 2. The highest BCUT2D eigenvalue weighted by atomic mass is 16.5. The summed E-state index contributed by atoms with van der Waals surface area (Å²) in [6.07, 6.45) is 5.12. The summed E-state index contributed by atoms with van der Waals surface area (Å²) in [5.74, 6) is 1.89. The molecule has 0 aliphatic rings. The molecule has 118 valence electrons. The Hall–Kier alpha value is -1.72. The Morgan fingerprint density at radius 3 is 2.38 bits per heavy atom. The maximum Gasteiger partial charge on any atom is 0.203 e. The van der Waals surface area contributed by atoms with Crippen LogP contribution in [0.5, 0.6) is 17.2 Å². The second-order valence-corrected chi connectivity index (χ2v) is 4.52. The van der Waals surface area contributed by atoms with E-state index in [-0.39, 0.29) is 6.04 Å². The van der Waals surface area contributed by atoms with Crippen molar-refractivity contribution in [1.82, 2.24) is 5.32 Å². The van der Waals surface area contributed by atoms with Gasteiger partial charge in [-0.2, -0.15) is 0 Å². The predicted molar refractivity (Wildman–Crippen MR) is 85.3 cm³/mol. The summed E-state index contributed by atoms with van der Waals surface area (Å²) in [5, 5.41) is 3.43. The van der Waals surface area contributed by atoms with E-state index in [9.17, 15) is 0 Å². The average Bonchev–Trinajstić information content (AvgIpc) is 2.53. The van der Waals surface area contributed by atoms with Gasteiger partial charge >= 0.3 is 0 Å². The molecule has 0 saturated heterocycles. The van der Waals surface area contributed by atoms with Crippen LogP contribution < -0.4 is 25.3 Å². The van der Waals surface area contributed by atoms with Gasteiger partial charge in [0.05, 0.1) is 21.3 Å². The molecule has 0 aromatic heterocycles. The van der Waals surface area contributed by atoms with Gasteiger partial charge in [-0.05, 0) is 32.0 Å². The summed E-state index contributed by atoms with van der Waals surface area (Å²) in [4.78, 5) is 0. The van der Waals surface area contributed by atoms with E-state index in [1.807, 2.05) is 25.1 Å². The van der Waals surface area contributed by atoms with E-state index in [4.69, 9.17) is 19.9 Å². The zero-order valence-electron chi connectivity index (χ0n) is 13.3. The molecule has 1 unspecified atom stereocenters. The van der Waals surface area contributed by atoms with Crippen molar-refractivity contribution in [3.05, 3.63) is 29.8 Å². The minimum atomic E-state index is 0.00464. The molecule has 1 aromatic carbocycles. The van der Waals surface area contributed by atoms with Crippen molar-refractivity contribution in [1.29, 1.82) is 0 Å². The lowest BCUT2D eigenvalue weighted by molar-refractivity contribution is 0.319. The number of allylic oxidation sites excluding steroid dienone is 1. The lowest BCUT2D eigenvalue weighted by Gasteiger charge is -2.22. The van der Waals surface area contributed by atoms with E-state index in [2.05, 4.69) is 11.4 Å². The molecule has 0 fully saturated rings. The largest absolute Gasteiger partial charge is 0.493 e. The molecule has 0 aliphatic heterocycles. The van der Waals surface area contributed by atoms with E-state index in [0.717, 1.165) is 18.5 Å². The minimum absolute atomic E-state index is 0.00464. The molecule has 1 aromatic rings. The first-order chi connectivity index (χ1) is 10.2. The zero-order valence-corrected chi connectivity index (χ0v) is 13.3. The Morgan fingerprint density at radius 2 is 1.86 bits per heavy atom. The van der Waals surface area contributed by atoms with Gasteiger partial charge in [0.15, 0.2) is 11.5 Å². The number of hydrogen-bond acceptors (Lipinski definition) is 5. The second kappa shape index (κ2) is 9.26. The number of methoxy groups -OCH3 is 3. The maximum absolute atomic E-state index is 5.90. The second-order valence-electron chi connectivity index (χ2n) is 4.52. The fourth-order valence-electron chi connectivity index (χ4n) is 2.23. The van der Waals surface area contributed by atoms with Crippen molar-refractivity contribution < 1.29 is 14.2 Å². The van der Waals surface area contributed by atoms with Crippen LogP contribution in [0.2, 0.25) is 0 Å². The van der Waals surface area contributed by atoms with Crippen molar-refractivity contribution in [2.24, 2.45) is 5.73 Å². The molecule has 5 nitrogen and oxygen atoms in total. The molecule has 0 bridgehead atoms. The van der Waals surface area contributed by atoms with Gasteiger partial charge in [-0.3, -0.25) is 0 Å². The van der Waals surface area contributed by atoms with Crippen molar-refractivity contribution in [3.8, 4) is 17.2 Å². The molecule has 3 N–H and O–H groups in total. The summed E-state index contributed by atoms with van der Waals surface area (Å²) in [6.45, 7) is 3.34. The molecule has 0 radical (unpaired) electrons. The van der Waals surface area contributed by atoms with Gasteiger partial charge in [0.1, 0.15) is 0 Å². The average molecular weight is 294 g/mol. The van der Waals surface area contributed by atoms with Gasteiger partial charge in [0, 0.05) is 18.2 Å². The molecule has 21 heavy (non-hydrogen) atoms. The molecule has 0 saturated carbocycles. The Labute approximate surface area is 127 Å². The third-order valence-electron chi connectivity index (χ3n) is 3.28. The standard InChI is InChI=1S/C16H26N2O3/c1-5-6-7-10-18-13(11-17)12-8-9-14(19-2)16(21-4)15(12)20-3/h5-6,8-9,13,18H,7,10-11,17H2,1-4H3/b6-5+. The van der Waals surface area contributed by atoms with Crippen molar-refractivity contribution in [2.75, 3.05) is 34.4 Å². The van der Waals surface area contributed by atoms with Crippen molar-refractivity contribution in [2.45, 2.75) is 19.4 Å². The van der Waals surface area contributed by atoms with E-state index < -0.39 is 0 Å². The summed E-state index contributed by atoms with van der Waals surface area (Å²) in [6, 6.07) is 3.83. The fourth-order valence-corrected chi connectivity index (χ4v) is 2.23. The van der Waals surface area contributed by atoms with Gasteiger partial charge in [-0.25, -0.2) is 0 Å². The summed E-state index contributed by atoms with van der Waals surface area (Å²) < 4.78 is 16.2. The van der Waals surface area contributed by atoms with E-state index in [0.29, 0.717) is 23.8 Å². The first-order valence-electron chi connectivity index (χ1n) is 7.06. The first-order valence-corrected chi connectivity index (χ1v) is 7.06. The molecular formula is C16H26N2O3. The third kappa shape index (κ3) is 4.37. The normalized spacial score (nSPS) is 12.4. The SMILES string of the molecule is C/C=C/CCNC(CN)c1ccc(OC)c(OC)c1OC. The molecule has 1 rings (SSSR count). The molecule has 0 spiro atoms. The van der Waals surface area contributed by atoms with Crippen molar-refractivity contribution in [3.63, 3.8) is 0 Å². The van der Waals surface area contributed by atoms with Gasteiger partial charge < -0.3 is 25.3 Å². The molecule has 1 atom stereocenters. The van der Waals surface area contributed by atoms with Crippen LogP contribution >= 0.6 is 0 Å². The zero-order chi connectivity index (χ0) is 15.7. The van der Waals surface area contributed by atoms with Crippen LogP contribution in [0.15, 0.2) is 24.3 Å². The fraction of sp³-hybridized carbons (Fsp3) is 0.500. The topological polar surface area (TPSA) is 65.7 Å². The minimum Gasteiger partial charge on any atom is -0.493 e. The maximum atomic E-state index is 5.90. The Bertz CT molecular complexity index is 461. The lowest BCUT2D eigenvalue weighted by Crippen LogP contribution is -2.29. The smallest absolute Gasteiger partial charge is 0.203 e. The summed E-state index contributed by atoms with van der Waals surface area (Å²) in [5.41, 5.74) is 6.87. The van der Waals surface area contributed by atoms with Crippen LogP contribution in [-0.2, 0) is 0 Å². The highest BCUT2D eigenvalue weighted by Gasteiger charge is 2.20. The molecule has 0 aliphatic carbocycles. The van der Waals surface area contributed by atoms with Crippen LogP contribution in [0, 0.1) is 0 Å². The van der Waals surface area contributed by atoms with Gasteiger partial charge in [-0.15, -0.1) is 0 Å². The Balaban J connectivity index is 3.02. The summed E-state index contributed by atoms with van der Waals surface area (Å²) >= 11 is 0. The number of rotatable bonds is 9. The lowest BCUT2D eigenvalue weighted by atomic mass is 10.0. The third-order valence-corrected chi connectivity index (χ3v) is 3.28. The number of benzene rings is 1. The quantitative estimate of drug-likeness (QED) is 0.540. The van der Waals surface area contributed by atoms with Crippen LogP contribution in [0.1, 0.15) is 24.9 Å². The molecule has 5 heteroatoms. The molecule has 0 heterocycles. The number of nitrogens with one attached hydrogen (secondary N) is 1. The van der Waals surface area contributed by atoms with E-state index in [1.54, 1.807) is 21.3 Å². The molecule has 0 amide bonds. The van der Waals surface area contributed by atoms with E-state index >= 15 is 0 Å². The number of nitrogens with two attached hydrogens (primary N) is 1. The Morgan fingerprint density at radius 1 is 1.14 bits per heavy atom. The van der Waals surface area contributed by atoms with Crippen LogP contribution in [0.25, 0.3) is 0 Å². The van der Waals surface area contributed by atoms with Crippen LogP contribution in [0.3, 0.4) is 0 Å². The van der Waals surface area contributed by atoms with E-state index in [1.165, 1.54) is 0 Å². The van der Waals surface area contributed by atoms with Gasteiger partial charge in [0.25, 0.3) is 0 Å². The highest BCUT2D eigenvalue weighted by Crippen LogP contribution is 2.41. The van der Waals surface area contributed by atoms with Crippen molar-refractivity contribution >= 4 is 0 Å². The monoisotopic (exact) mass is 294 g/mol. The van der Waals surface area contributed by atoms with Crippen LogP contribution in [-0.4, -0.2) is 34.4 Å². The van der Waals surface area contributed by atoms with Crippen LogP contribution in [0.4, 0.5) is 0 Å². The van der Waals surface area contributed by atoms with Gasteiger partial charge in [-0.1, -0.05) is 12.2 Å². The van der Waals surface area contributed by atoms with Gasteiger partial charge in [0.2, 0.25) is 5.75 Å². The predicted octanol–water partition coefficient (Wildman–Crippen LogP) is 2.27. The first kappa shape index (κ1) is 17.3. The summed E-state index contributed by atoms with van der Waals surface area (Å²) in [7, 11) is 4.82. The Kier molecular flexibility index (Phi) is 7.64. The number of ether oxygens (including phenoxy) is 3. The highest BCUT2D eigenvalue weighted by molar-refractivity contribution is 5.56. The molecular weight excluding hydrogens is 268 g/mol.